The van der Waals surface area contributed by atoms with E-state index in [4.69, 9.17) is 5.73 Å². The molecule has 94 valence electrons. The van der Waals surface area contributed by atoms with Crippen molar-refractivity contribution < 1.29 is 4.79 Å². The van der Waals surface area contributed by atoms with E-state index in [1.54, 1.807) is 0 Å². The molecule has 0 spiro atoms. The highest BCUT2D eigenvalue weighted by molar-refractivity contribution is 5.75. The standard InChI is InChI=1S/C12H25N3O/c1-3-14-12(16)5-7-15-6-4-11(8-13)10(2)9-15/h10-11H,3-9,13H2,1-2H3,(H,14,16). The van der Waals surface area contributed by atoms with Crippen LogP contribution in [0.3, 0.4) is 0 Å². The summed E-state index contributed by atoms with van der Waals surface area (Å²) < 4.78 is 0. The van der Waals surface area contributed by atoms with E-state index in [0.717, 1.165) is 32.7 Å². The fraction of sp³-hybridized carbons (Fsp3) is 0.917. The van der Waals surface area contributed by atoms with Crippen molar-refractivity contribution in [2.75, 3.05) is 32.7 Å². The van der Waals surface area contributed by atoms with Gasteiger partial charge in [0, 0.05) is 26.1 Å². The normalized spacial score (nSPS) is 26.7. The molecule has 0 saturated carbocycles. The van der Waals surface area contributed by atoms with E-state index in [1.807, 2.05) is 6.92 Å². The van der Waals surface area contributed by atoms with Crippen LogP contribution >= 0.6 is 0 Å². The Kier molecular flexibility index (Phi) is 5.77. The Morgan fingerprint density at radius 3 is 2.88 bits per heavy atom. The van der Waals surface area contributed by atoms with E-state index >= 15 is 0 Å². The molecule has 16 heavy (non-hydrogen) atoms. The number of nitrogens with two attached hydrogens (primary N) is 1. The summed E-state index contributed by atoms with van der Waals surface area (Å²) in [5.41, 5.74) is 5.72. The Labute approximate surface area is 98.6 Å². The van der Waals surface area contributed by atoms with Crippen LogP contribution in [0, 0.1) is 11.8 Å². The first-order valence-electron chi connectivity index (χ1n) is 6.36. The van der Waals surface area contributed by atoms with Crippen molar-refractivity contribution in [2.24, 2.45) is 17.6 Å². The van der Waals surface area contributed by atoms with Gasteiger partial charge in [0.2, 0.25) is 5.91 Å². The van der Waals surface area contributed by atoms with Crippen LogP contribution in [-0.4, -0.2) is 43.5 Å². The summed E-state index contributed by atoms with van der Waals surface area (Å²) in [6, 6.07) is 0. The third-order valence-electron chi connectivity index (χ3n) is 3.50. The van der Waals surface area contributed by atoms with Crippen molar-refractivity contribution in [2.45, 2.75) is 26.7 Å². The number of nitrogens with zero attached hydrogens (tertiary/aromatic N) is 1. The quantitative estimate of drug-likeness (QED) is 0.716. The first-order valence-corrected chi connectivity index (χ1v) is 6.36. The average Bonchev–Trinajstić information content (AvgIpc) is 2.27. The van der Waals surface area contributed by atoms with Gasteiger partial charge in [-0.3, -0.25) is 4.79 Å². The molecule has 0 aromatic rings. The Hall–Kier alpha value is -0.610. The van der Waals surface area contributed by atoms with Crippen LogP contribution in [0.1, 0.15) is 26.7 Å². The lowest BCUT2D eigenvalue weighted by molar-refractivity contribution is -0.121. The monoisotopic (exact) mass is 227 g/mol. The van der Waals surface area contributed by atoms with Gasteiger partial charge in [0.1, 0.15) is 0 Å². The first-order chi connectivity index (χ1) is 7.67. The van der Waals surface area contributed by atoms with Crippen molar-refractivity contribution in [1.29, 1.82) is 0 Å². The second-order valence-corrected chi connectivity index (χ2v) is 4.77. The fourth-order valence-corrected chi connectivity index (χ4v) is 2.38. The third-order valence-corrected chi connectivity index (χ3v) is 3.50. The summed E-state index contributed by atoms with van der Waals surface area (Å²) in [6.07, 6.45) is 1.79. The molecule has 0 bridgehead atoms. The van der Waals surface area contributed by atoms with E-state index in [-0.39, 0.29) is 5.91 Å². The fourth-order valence-electron chi connectivity index (χ4n) is 2.38. The molecule has 1 aliphatic heterocycles. The van der Waals surface area contributed by atoms with Gasteiger partial charge in [-0.1, -0.05) is 6.92 Å². The summed E-state index contributed by atoms with van der Waals surface area (Å²) in [5.74, 6) is 1.49. The smallest absolute Gasteiger partial charge is 0.221 e. The lowest BCUT2D eigenvalue weighted by Crippen LogP contribution is -2.43. The van der Waals surface area contributed by atoms with Crippen LogP contribution in [0.25, 0.3) is 0 Å². The van der Waals surface area contributed by atoms with Gasteiger partial charge >= 0.3 is 0 Å². The number of amides is 1. The minimum atomic E-state index is 0.163. The van der Waals surface area contributed by atoms with Crippen LogP contribution in [0.15, 0.2) is 0 Å². The second kappa shape index (κ2) is 6.86. The predicted molar refractivity (Wildman–Crippen MR) is 66.1 cm³/mol. The highest BCUT2D eigenvalue weighted by atomic mass is 16.1. The van der Waals surface area contributed by atoms with Gasteiger partial charge in [0.15, 0.2) is 0 Å². The highest BCUT2D eigenvalue weighted by Gasteiger charge is 2.24. The largest absolute Gasteiger partial charge is 0.356 e. The topological polar surface area (TPSA) is 58.4 Å². The second-order valence-electron chi connectivity index (χ2n) is 4.77. The minimum absolute atomic E-state index is 0.163. The maximum Gasteiger partial charge on any atom is 0.221 e. The van der Waals surface area contributed by atoms with Crippen molar-refractivity contribution >= 4 is 5.91 Å². The van der Waals surface area contributed by atoms with Gasteiger partial charge in [-0.05, 0) is 38.3 Å². The van der Waals surface area contributed by atoms with Gasteiger partial charge in [0.25, 0.3) is 0 Å². The molecule has 4 nitrogen and oxygen atoms in total. The van der Waals surface area contributed by atoms with E-state index in [0.29, 0.717) is 18.3 Å². The SMILES string of the molecule is CCNC(=O)CCN1CCC(CN)C(C)C1. The zero-order valence-electron chi connectivity index (χ0n) is 10.5. The number of piperidine rings is 1. The number of rotatable bonds is 5. The Bertz CT molecular complexity index is 220. The number of carbonyl (C=O) groups excluding carboxylic acids is 1. The summed E-state index contributed by atoms with van der Waals surface area (Å²) in [6.45, 7) is 8.79. The molecule has 1 heterocycles. The number of hydrogen-bond donors (Lipinski definition) is 2. The summed E-state index contributed by atoms with van der Waals surface area (Å²) in [4.78, 5) is 13.7. The predicted octanol–water partition coefficient (Wildman–Crippen LogP) is 0.429. The number of nitrogens with one attached hydrogen (secondary N) is 1. The lowest BCUT2D eigenvalue weighted by atomic mass is 9.87. The third kappa shape index (κ3) is 4.10. The number of carbonyl (C=O) groups is 1. The molecule has 1 saturated heterocycles. The van der Waals surface area contributed by atoms with Crippen LogP contribution < -0.4 is 11.1 Å². The number of hydrogen-bond acceptors (Lipinski definition) is 3. The average molecular weight is 227 g/mol. The van der Waals surface area contributed by atoms with E-state index < -0.39 is 0 Å². The molecule has 0 aliphatic carbocycles. The molecule has 1 aliphatic rings. The summed E-state index contributed by atoms with van der Waals surface area (Å²) in [5, 5.41) is 2.83. The van der Waals surface area contributed by atoms with Crippen LogP contribution in [0.4, 0.5) is 0 Å². The maximum atomic E-state index is 11.3. The molecule has 0 aromatic heterocycles. The van der Waals surface area contributed by atoms with Crippen molar-refractivity contribution in [3.05, 3.63) is 0 Å². The summed E-state index contributed by atoms with van der Waals surface area (Å²) >= 11 is 0. The van der Waals surface area contributed by atoms with Gasteiger partial charge < -0.3 is 16.0 Å². The van der Waals surface area contributed by atoms with Gasteiger partial charge in [0.05, 0.1) is 0 Å². The van der Waals surface area contributed by atoms with Crippen LogP contribution in [-0.2, 0) is 4.79 Å². The molecule has 1 fully saturated rings. The molecule has 2 atom stereocenters. The van der Waals surface area contributed by atoms with Crippen LogP contribution in [0.2, 0.25) is 0 Å². The molecule has 2 unspecified atom stereocenters. The van der Waals surface area contributed by atoms with Gasteiger partial charge in [-0.2, -0.15) is 0 Å². The highest BCUT2D eigenvalue weighted by Crippen LogP contribution is 2.21. The number of likely N-dealkylation sites (tertiary alicyclic amines) is 1. The molecule has 4 heteroatoms. The molecule has 1 rings (SSSR count). The van der Waals surface area contributed by atoms with Crippen molar-refractivity contribution in [1.82, 2.24) is 10.2 Å². The Morgan fingerprint density at radius 1 is 1.56 bits per heavy atom. The lowest BCUT2D eigenvalue weighted by Gasteiger charge is -2.36. The molecule has 0 radical (unpaired) electrons. The van der Waals surface area contributed by atoms with Gasteiger partial charge in [-0.15, -0.1) is 0 Å². The maximum absolute atomic E-state index is 11.3. The minimum Gasteiger partial charge on any atom is -0.356 e. The Morgan fingerprint density at radius 2 is 2.31 bits per heavy atom. The van der Waals surface area contributed by atoms with Crippen LogP contribution in [0.5, 0.6) is 0 Å². The molecule has 1 amide bonds. The molecular formula is C12H25N3O. The van der Waals surface area contributed by atoms with Gasteiger partial charge in [-0.25, -0.2) is 0 Å². The Balaban J connectivity index is 2.22. The molecular weight excluding hydrogens is 202 g/mol. The zero-order chi connectivity index (χ0) is 12.0. The molecule has 0 aromatic carbocycles. The van der Waals surface area contributed by atoms with Crippen molar-refractivity contribution in [3.63, 3.8) is 0 Å². The van der Waals surface area contributed by atoms with E-state index in [2.05, 4.69) is 17.1 Å². The first kappa shape index (κ1) is 13.5. The van der Waals surface area contributed by atoms with Crippen molar-refractivity contribution in [3.8, 4) is 0 Å². The van der Waals surface area contributed by atoms with E-state index in [1.165, 1.54) is 6.42 Å². The summed E-state index contributed by atoms with van der Waals surface area (Å²) in [7, 11) is 0. The zero-order valence-corrected chi connectivity index (χ0v) is 10.5. The molecule has 3 N–H and O–H groups in total. The van der Waals surface area contributed by atoms with E-state index in [9.17, 15) is 4.79 Å².